The maximum Gasteiger partial charge on any atom is 0.353 e. The molecule has 0 saturated carbocycles. The van der Waals surface area contributed by atoms with Crippen molar-refractivity contribution < 1.29 is 14.6 Å². The molecule has 1 aromatic carbocycles. The summed E-state index contributed by atoms with van der Waals surface area (Å²) in [5.41, 5.74) is 0.997. The van der Waals surface area contributed by atoms with Crippen molar-refractivity contribution in [3.8, 4) is 0 Å². The topological polar surface area (TPSA) is 75.2 Å². The second-order valence-corrected chi connectivity index (χ2v) is 3.73. The number of hydrogen-bond donors (Lipinski definition) is 2. The Morgan fingerprint density at radius 2 is 2.17 bits per heavy atom. The predicted molar refractivity (Wildman–Crippen MR) is 65.5 cm³/mol. The average molecular weight is 246 g/mol. The van der Waals surface area contributed by atoms with E-state index >= 15 is 0 Å². The van der Waals surface area contributed by atoms with Crippen molar-refractivity contribution in [3.05, 3.63) is 53.6 Å². The number of H-pyrrole nitrogens is 1. The number of carboxylic acids is 1. The molecule has 0 bridgehead atoms. The monoisotopic (exact) mass is 246 g/mol. The first-order valence-corrected chi connectivity index (χ1v) is 5.67. The largest absolute Gasteiger partial charge is 0.477 e. The summed E-state index contributed by atoms with van der Waals surface area (Å²) in [6.07, 6.45) is 0.927. The normalized spacial score (nSPS) is 12.3. The molecule has 0 aliphatic carbocycles. The summed E-state index contributed by atoms with van der Waals surface area (Å²) in [4.78, 5) is 17.7. The summed E-state index contributed by atoms with van der Waals surface area (Å²) in [5.74, 6) is -0.530. The van der Waals surface area contributed by atoms with Crippen LogP contribution in [0.4, 0.5) is 0 Å². The van der Waals surface area contributed by atoms with Crippen molar-refractivity contribution >= 4 is 5.97 Å². The summed E-state index contributed by atoms with van der Waals surface area (Å²) >= 11 is 0. The molecule has 0 amide bonds. The molecule has 5 heteroatoms. The summed E-state index contributed by atoms with van der Waals surface area (Å²) in [6.45, 7) is 2.40. The fourth-order valence-electron chi connectivity index (χ4n) is 1.71. The highest BCUT2D eigenvalue weighted by atomic mass is 16.5. The zero-order chi connectivity index (χ0) is 13.0. The van der Waals surface area contributed by atoms with E-state index in [0.717, 1.165) is 5.56 Å². The molecule has 2 N–H and O–H groups in total. The van der Waals surface area contributed by atoms with Gasteiger partial charge in [0.05, 0.1) is 6.20 Å². The van der Waals surface area contributed by atoms with E-state index in [1.165, 1.54) is 6.20 Å². The Balaban J connectivity index is 2.32. The number of hydrogen-bond acceptors (Lipinski definition) is 3. The van der Waals surface area contributed by atoms with Crippen LogP contribution in [0, 0.1) is 0 Å². The number of benzene rings is 1. The Bertz CT molecular complexity index is 522. The third-order valence-corrected chi connectivity index (χ3v) is 2.51. The van der Waals surface area contributed by atoms with Gasteiger partial charge in [0, 0.05) is 6.61 Å². The molecule has 1 atom stereocenters. The van der Waals surface area contributed by atoms with E-state index in [9.17, 15) is 4.79 Å². The number of rotatable bonds is 5. The van der Waals surface area contributed by atoms with E-state index < -0.39 is 5.97 Å². The van der Waals surface area contributed by atoms with Gasteiger partial charge in [-0.2, -0.15) is 0 Å². The van der Waals surface area contributed by atoms with Gasteiger partial charge in [-0.25, -0.2) is 9.78 Å². The van der Waals surface area contributed by atoms with Crippen LogP contribution in [-0.2, 0) is 4.74 Å². The fourth-order valence-corrected chi connectivity index (χ4v) is 1.71. The number of nitrogens with zero attached hydrogens (tertiary/aromatic N) is 1. The van der Waals surface area contributed by atoms with Crippen LogP contribution in [0.5, 0.6) is 0 Å². The van der Waals surface area contributed by atoms with Crippen molar-refractivity contribution in [2.24, 2.45) is 0 Å². The van der Waals surface area contributed by atoms with Gasteiger partial charge in [-0.1, -0.05) is 30.3 Å². The summed E-state index contributed by atoms with van der Waals surface area (Å²) < 4.78 is 5.62. The highest BCUT2D eigenvalue weighted by Crippen LogP contribution is 2.23. The number of aromatic amines is 1. The maximum atomic E-state index is 10.8. The third kappa shape index (κ3) is 2.57. The summed E-state index contributed by atoms with van der Waals surface area (Å²) in [5, 5.41) is 8.87. The molecule has 0 fully saturated rings. The summed E-state index contributed by atoms with van der Waals surface area (Å²) in [6, 6.07) is 9.56. The molecule has 2 rings (SSSR count). The Kier molecular flexibility index (Phi) is 3.74. The quantitative estimate of drug-likeness (QED) is 0.848. The lowest BCUT2D eigenvalue weighted by Gasteiger charge is -2.14. The van der Waals surface area contributed by atoms with Crippen LogP contribution in [0.25, 0.3) is 0 Å². The van der Waals surface area contributed by atoms with Gasteiger partial charge in [-0.05, 0) is 12.5 Å². The van der Waals surface area contributed by atoms with Crippen molar-refractivity contribution in [2.75, 3.05) is 6.61 Å². The van der Waals surface area contributed by atoms with E-state index in [1.807, 2.05) is 37.3 Å². The molecule has 2 aromatic rings. The zero-order valence-electron chi connectivity index (χ0n) is 9.96. The van der Waals surface area contributed by atoms with E-state index in [1.54, 1.807) is 0 Å². The minimum Gasteiger partial charge on any atom is -0.477 e. The minimum absolute atomic E-state index is 0.0608. The lowest BCUT2D eigenvalue weighted by atomic mass is 10.1. The standard InChI is InChI=1S/C13H14N2O3/c1-2-18-11(9-6-4-3-5-7-9)12-14-8-10(15-12)13(16)17/h3-8,11H,2H2,1H3,(H,14,15)(H,16,17). The highest BCUT2D eigenvalue weighted by molar-refractivity contribution is 5.85. The van der Waals surface area contributed by atoms with Gasteiger partial charge in [-0.15, -0.1) is 0 Å². The third-order valence-electron chi connectivity index (χ3n) is 2.51. The van der Waals surface area contributed by atoms with Crippen molar-refractivity contribution in [2.45, 2.75) is 13.0 Å². The Hall–Kier alpha value is -2.14. The molecule has 0 aliphatic rings. The molecular weight excluding hydrogens is 232 g/mol. The smallest absolute Gasteiger partial charge is 0.353 e. The van der Waals surface area contributed by atoms with E-state index in [2.05, 4.69) is 9.97 Å². The van der Waals surface area contributed by atoms with Gasteiger partial charge in [0.2, 0.25) is 0 Å². The van der Waals surface area contributed by atoms with Crippen LogP contribution in [0.15, 0.2) is 36.5 Å². The maximum absolute atomic E-state index is 10.8. The second kappa shape index (κ2) is 5.46. The molecule has 0 saturated heterocycles. The predicted octanol–water partition coefficient (Wildman–Crippen LogP) is 2.23. The lowest BCUT2D eigenvalue weighted by Crippen LogP contribution is -2.08. The van der Waals surface area contributed by atoms with Crippen molar-refractivity contribution in [1.82, 2.24) is 9.97 Å². The number of carbonyl (C=O) groups is 1. The molecule has 0 spiro atoms. The Labute approximate surface area is 104 Å². The molecule has 94 valence electrons. The van der Waals surface area contributed by atoms with Gasteiger partial charge in [0.25, 0.3) is 0 Å². The van der Waals surface area contributed by atoms with Crippen LogP contribution in [-0.4, -0.2) is 27.7 Å². The number of imidazole rings is 1. The van der Waals surface area contributed by atoms with Crippen LogP contribution < -0.4 is 0 Å². The average Bonchev–Trinajstić information content (AvgIpc) is 2.86. The van der Waals surface area contributed by atoms with E-state index in [0.29, 0.717) is 12.4 Å². The van der Waals surface area contributed by atoms with Gasteiger partial charge in [0.1, 0.15) is 17.6 Å². The SMILES string of the molecule is CCOC(c1ccccc1)c1ncc(C(=O)O)[nH]1. The zero-order valence-corrected chi connectivity index (χ0v) is 9.96. The van der Waals surface area contributed by atoms with Gasteiger partial charge in [-0.3, -0.25) is 0 Å². The number of nitrogens with one attached hydrogen (secondary N) is 1. The van der Waals surface area contributed by atoms with E-state index in [4.69, 9.17) is 9.84 Å². The fraction of sp³-hybridized carbons (Fsp3) is 0.231. The Morgan fingerprint density at radius 1 is 1.44 bits per heavy atom. The molecule has 1 unspecified atom stereocenters. The van der Waals surface area contributed by atoms with Gasteiger partial charge >= 0.3 is 5.97 Å². The van der Waals surface area contributed by atoms with Crippen LogP contribution >= 0.6 is 0 Å². The Morgan fingerprint density at radius 3 is 2.72 bits per heavy atom. The number of ether oxygens (including phenoxy) is 1. The second-order valence-electron chi connectivity index (χ2n) is 3.73. The molecule has 0 radical (unpaired) electrons. The number of aromatic nitrogens is 2. The molecule has 5 nitrogen and oxygen atoms in total. The minimum atomic E-state index is -1.03. The first-order valence-electron chi connectivity index (χ1n) is 5.67. The first kappa shape index (κ1) is 12.3. The number of aromatic carboxylic acids is 1. The van der Waals surface area contributed by atoms with Crippen molar-refractivity contribution in [1.29, 1.82) is 0 Å². The molecule has 18 heavy (non-hydrogen) atoms. The first-order chi connectivity index (χ1) is 8.72. The molecular formula is C13H14N2O3. The van der Waals surface area contributed by atoms with Gasteiger partial charge in [0.15, 0.2) is 0 Å². The lowest BCUT2D eigenvalue weighted by molar-refractivity contribution is 0.0688. The van der Waals surface area contributed by atoms with Crippen LogP contribution in [0.3, 0.4) is 0 Å². The van der Waals surface area contributed by atoms with Crippen LogP contribution in [0.2, 0.25) is 0 Å². The molecule has 1 aromatic heterocycles. The highest BCUT2D eigenvalue weighted by Gasteiger charge is 2.18. The van der Waals surface area contributed by atoms with Crippen LogP contribution in [0.1, 0.15) is 34.9 Å². The molecule has 1 heterocycles. The summed E-state index contributed by atoms with van der Waals surface area (Å²) in [7, 11) is 0. The molecule has 0 aliphatic heterocycles. The van der Waals surface area contributed by atoms with E-state index in [-0.39, 0.29) is 11.8 Å². The van der Waals surface area contributed by atoms with Crippen molar-refractivity contribution in [3.63, 3.8) is 0 Å². The van der Waals surface area contributed by atoms with Gasteiger partial charge < -0.3 is 14.8 Å². The number of carboxylic acid groups (broad SMARTS) is 1.